The van der Waals surface area contributed by atoms with Crippen molar-refractivity contribution in [2.24, 2.45) is 0 Å². The first-order valence-electron chi connectivity index (χ1n) is 5.83. The van der Waals surface area contributed by atoms with E-state index in [1.54, 1.807) is 0 Å². The smallest absolute Gasteiger partial charge is 0.130 e. The number of aromatic nitrogens is 2. The number of likely N-dealkylation sites (N-methyl/N-ethyl adjacent to an activating group) is 1. The van der Waals surface area contributed by atoms with E-state index in [9.17, 15) is 0 Å². The second-order valence-electron chi connectivity index (χ2n) is 4.08. The van der Waals surface area contributed by atoms with Crippen LogP contribution in [0.4, 0.5) is 0 Å². The topological polar surface area (TPSA) is 37.8 Å². The summed E-state index contributed by atoms with van der Waals surface area (Å²) in [5.74, 6) is 0.887. The Kier molecular flexibility index (Phi) is 3.83. The minimum atomic E-state index is 0.857. The molecule has 0 aliphatic rings. The van der Waals surface area contributed by atoms with Crippen molar-refractivity contribution in [3.05, 3.63) is 47.9 Å². The first kappa shape index (κ1) is 11.7. The molecule has 0 fully saturated rings. The van der Waals surface area contributed by atoms with Gasteiger partial charge in [0, 0.05) is 24.7 Å². The van der Waals surface area contributed by atoms with Crippen molar-refractivity contribution in [3.8, 4) is 11.3 Å². The summed E-state index contributed by atoms with van der Waals surface area (Å²) in [7, 11) is 1.93. The highest BCUT2D eigenvalue weighted by Gasteiger charge is 2.01. The lowest BCUT2D eigenvalue weighted by Gasteiger charge is -2.04. The van der Waals surface area contributed by atoms with Crippen molar-refractivity contribution >= 4 is 0 Å². The van der Waals surface area contributed by atoms with Crippen LogP contribution < -0.4 is 5.32 Å². The number of hydrogen-bond donors (Lipinski definition) is 1. The molecule has 1 N–H and O–H groups in total. The lowest BCUT2D eigenvalue weighted by molar-refractivity contribution is 0.756. The Labute approximate surface area is 102 Å². The van der Waals surface area contributed by atoms with Gasteiger partial charge in [0.2, 0.25) is 0 Å². The highest BCUT2D eigenvalue weighted by atomic mass is 14.9. The van der Waals surface area contributed by atoms with Gasteiger partial charge in [-0.2, -0.15) is 0 Å². The minimum absolute atomic E-state index is 0.857. The first-order chi connectivity index (χ1) is 8.29. The van der Waals surface area contributed by atoms with E-state index in [-0.39, 0.29) is 0 Å². The number of rotatable bonds is 4. The Morgan fingerprint density at radius 1 is 1.12 bits per heavy atom. The summed E-state index contributed by atoms with van der Waals surface area (Å²) in [6.07, 6.45) is 2.68. The molecule has 1 heterocycles. The Morgan fingerprint density at radius 3 is 2.59 bits per heavy atom. The summed E-state index contributed by atoms with van der Waals surface area (Å²) in [5, 5.41) is 3.10. The van der Waals surface area contributed by atoms with Gasteiger partial charge in [0.1, 0.15) is 5.82 Å². The number of hydrogen-bond acceptors (Lipinski definition) is 3. The monoisotopic (exact) mass is 227 g/mol. The molecule has 0 amide bonds. The van der Waals surface area contributed by atoms with Gasteiger partial charge in [-0.25, -0.2) is 9.97 Å². The zero-order chi connectivity index (χ0) is 12.1. The van der Waals surface area contributed by atoms with Gasteiger partial charge in [0.25, 0.3) is 0 Å². The third-order valence-corrected chi connectivity index (χ3v) is 2.65. The molecule has 2 aromatic rings. The molecule has 0 atom stereocenters. The molecule has 0 spiro atoms. The molecule has 1 aromatic carbocycles. The van der Waals surface area contributed by atoms with E-state index in [2.05, 4.69) is 46.5 Å². The average Bonchev–Trinajstić information content (AvgIpc) is 2.37. The van der Waals surface area contributed by atoms with Crippen molar-refractivity contribution in [2.75, 3.05) is 13.6 Å². The van der Waals surface area contributed by atoms with Gasteiger partial charge in [-0.1, -0.05) is 29.8 Å². The van der Waals surface area contributed by atoms with E-state index >= 15 is 0 Å². The van der Waals surface area contributed by atoms with Crippen molar-refractivity contribution < 1.29 is 0 Å². The Morgan fingerprint density at radius 2 is 1.88 bits per heavy atom. The number of aryl methyl sites for hydroxylation is 1. The van der Waals surface area contributed by atoms with E-state index in [4.69, 9.17) is 0 Å². The van der Waals surface area contributed by atoms with Crippen LogP contribution in [0.3, 0.4) is 0 Å². The SMILES string of the molecule is CNCCc1nccc(-c2ccc(C)cc2)n1. The van der Waals surface area contributed by atoms with Gasteiger partial charge < -0.3 is 5.32 Å². The quantitative estimate of drug-likeness (QED) is 0.870. The van der Waals surface area contributed by atoms with Crippen LogP contribution in [0.25, 0.3) is 11.3 Å². The van der Waals surface area contributed by atoms with Gasteiger partial charge in [-0.3, -0.25) is 0 Å². The normalized spacial score (nSPS) is 10.5. The summed E-state index contributed by atoms with van der Waals surface area (Å²) >= 11 is 0. The largest absolute Gasteiger partial charge is 0.319 e. The molecule has 3 heteroatoms. The van der Waals surface area contributed by atoms with Crippen molar-refractivity contribution in [1.82, 2.24) is 15.3 Å². The van der Waals surface area contributed by atoms with E-state index in [1.165, 1.54) is 5.56 Å². The van der Waals surface area contributed by atoms with Gasteiger partial charge in [0.15, 0.2) is 0 Å². The number of nitrogens with zero attached hydrogens (tertiary/aromatic N) is 2. The van der Waals surface area contributed by atoms with Crippen LogP contribution in [0, 0.1) is 6.92 Å². The van der Waals surface area contributed by atoms with E-state index in [1.807, 2.05) is 19.3 Å². The molecule has 0 aliphatic heterocycles. The van der Waals surface area contributed by atoms with Gasteiger partial charge in [-0.15, -0.1) is 0 Å². The lowest BCUT2D eigenvalue weighted by atomic mass is 10.1. The van der Waals surface area contributed by atoms with E-state index < -0.39 is 0 Å². The summed E-state index contributed by atoms with van der Waals surface area (Å²) in [6.45, 7) is 2.99. The summed E-state index contributed by atoms with van der Waals surface area (Å²) in [6, 6.07) is 10.3. The Bertz CT molecular complexity index is 477. The molecular formula is C14H17N3. The highest BCUT2D eigenvalue weighted by molar-refractivity contribution is 5.58. The van der Waals surface area contributed by atoms with Gasteiger partial charge >= 0.3 is 0 Å². The van der Waals surface area contributed by atoms with Crippen LogP contribution in [0.1, 0.15) is 11.4 Å². The Hall–Kier alpha value is -1.74. The average molecular weight is 227 g/mol. The minimum Gasteiger partial charge on any atom is -0.319 e. The molecule has 88 valence electrons. The molecule has 0 aliphatic carbocycles. The molecule has 2 rings (SSSR count). The van der Waals surface area contributed by atoms with Crippen LogP contribution >= 0.6 is 0 Å². The van der Waals surface area contributed by atoms with Crippen LogP contribution in [-0.2, 0) is 6.42 Å². The molecule has 0 radical (unpaired) electrons. The van der Waals surface area contributed by atoms with Crippen molar-refractivity contribution in [3.63, 3.8) is 0 Å². The fraction of sp³-hybridized carbons (Fsp3) is 0.286. The molecule has 0 bridgehead atoms. The molecule has 0 saturated heterocycles. The summed E-state index contributed by atoms with van der Waals surface area (Å²) in [4.78, 5) is 8.83. The zero-order valence-corrected chi connectivity index (χ0v) is 10.3. The van der Waals surface area contributed by atoms with E-state index in [0.717, 1.165) is 30.0 Å². The Balaban J connectivity index is 2.23. The molecule has 17 heavy (non-hydrogen) atoms. The maximum atomic E-state index is 4.56. The maximum absolute atomic E-state index is 4.56. The third kappa shape index (κ3) is 3.11. The summed E-state index contributed by atoms with van der Waals surface area (Å²) in [5.41, 5.74) is 3.40. The third-order valence-electron chi connectivity index (χ3n) is 2.65. The van der Waals surface area contributed by atoms with Crippen LogP contribution in [0.2, 0.25) is 0 Å². The molecule has 0 unspecified atom stereocenters. The second kappa shape index (κ2) is 5.55. The molecule has 0 saturated carbocycles. The second-order valence-corrected chi connectivity index (χ2v) is 4.08. The summed E-state index contributed by atoms with van der Waals surface area (Å²) < 4.78 is 0. The van der Waals surface area contributed by atoms with E-state index in [0.29, 0.717) is 0 Å². The maximum Gasteiger partial charge on any atom is 0.130 e. The van der Waals surface area contributed by atoms with Crippen molar-refractivity contribution in [1.29, 1.82) is 0 Å². The van der Waals surface area contributed by atoms with Crippen molar-refractivity contribution in [2.45, 2.75) is 13.3 Å². The fourth-order valence-electron chi connectivity index (χ4n) is 1.64. The molecular weight excluding hydrogens is 210 g/mol. The predicted octanol–water partition coefficient (Wildman–Crippen LogP) is 2.21. The van der Waals surface area contributed by atoms with Gasteiger partial charge in [-0.05, 0) is 20.0 Å². The fourth-order valence-corrected chi connectivity index (χ4v) is 1.64. The number of nitrogens with one attached hydrogen (secondary N) is 1. The van der Waals surface area contributed by atoms with Crippen LogP contribution in [0.5, 0.6) is 0 Å². The lowest BCUT2D eigenvalue weighted by Crippen LogP contribution is -2.12. The molecule has 1 aromatic heterocycles. The van der Waals surface area contributed by atoms with Crippen LogP contribution in [-0.4, -0.2) is 23.6 Å². The highest BCUT2D eigenvalue weighted by Crippen LogP contribution is 2.16. The number of benzene rings is 1. The standard InChI is InChI=1S/C14H17N3/c1-11-3-5-12(6-4-11)13-7-10-16-14(17-13)8-9-15-2/h3-7,10,15H,8-9H2,1-2H3. The predicted molar refractivity (Wildman–Crippen MR) is 69.8 cm³/mol. The van der Waals surface area contributed by atoms with Gasteiger partial charge in [0.05, 0.1) is 5.69 Å². The zero-order valence-electron chi connectivity index (χ0n) is 10.3. The van der Waals surface area contributed by atoms with Crippen LogP contribution in [0.15, 0.2) is 36.5 Å². The first-order valence-corrected chi connectivity index (χ1v) is 5.83. The molecule has 3 nitrogen and oxygen atoms in total.